The summed E-state index contributed by atoms with van der Waals surface area (Å²) in [5, 5.41) is 0.793. The maximum Gasteiger partial charge on any atom is 0.254 e. The van der Waals surface area contributed by atoms with Gasteiger partial charge in [-0.1, -0.05) is 18.2 Å². The lowest BCUT2D eigenvalue weighted by Crippen LogP contribution is -2.52. The zero-order valence-electron chi connectivity index (χ0n) is 19.3. The summed E-state index contributed by atoms with van der Waals surface area (Å²) in [5.74, 6) is 0.0819. The van der Waals surface area contributed by atoms with Crippen LogP contribution in [0.2, 0.25) is 0 Å². The van der Waals surface area contributed by atoms with Crippen LogP contribution in [-0.4, -0.2) is 102 Å². The monoisotopic (exact) mass is 439 g/mol. The molecule has 0 spiro atoms. The van der Waals surface area contributed by atoms with Crippen LogP contribution >= 0.6 is 0 Å². The van der Waals surface area contributed by atoms with Gasteiger partial charge < -0.3 is 19.3 Å². The highest BCUT2D eigenvalue weighted by molar-refractivity contribution is 6.06. The molecule has 8 nitrogen and oxygen atoms in total. The predicted molar refractivity (Wildman–Crippen MR) is 125 cm³/mol. The Balaban J connectivity index is 1.38. The van der Waals surface area contributed by atoms with Gasteiger partial charge in [-0.2, -0.15) is 0 Å². The number of pyridine rings is 1. The van der Waals surface area contributed by atoms with Crippen LogP contribution in [0.25, 0.3) is 10.9 Å². The predicted octanol–water partition coefficient (Wildman–Crippen LogP) is 0.849. The molecule has 2 fully saturated rings. The van der Waals surface area contributed by atoms with Crippen molar-refractivity contribution in [2.24, 2.45) is 7.05 Å². The molecule has 172 valence electrons. The van der Waals surface area contributed by atoms with Gasteiger partial charge in [-0.25, -0.2) is 0 Å². The van der Waals surface area contributed by atoms with E-state index in [9.17, 15) is 14.4 Å². The van der Waals surface area contributed by atoms with Gasteiger partial charge in [0.15, 0.2) is 0 Å². The third-order valence-corrected chi connectivity index (χ3v) is 7.02. The average Bonchev–Trinajstić information content (AvgIpc) is 2.81. The molecule has 0 saturated carbocycles. The van der Waals surface area contributed by atoms with Crippen molar-refractivity contribution in [2.75, 3.05) is 59.9 Å². The lowest BCUT2D eigenvalue weighted by Gasteiger charge is -2.38. The Hall–Kier alpha value is -2.71. The van der Waals surface area contributed by atoms with E-state index in [1.54, 1.807) is 16.5 Å². The molecule has 0 atom stereocenters. The summed E-state index contributed by atoms with van der Waals surface area (Å²) in [6, 6.07) is 9.06. The van der Waals surface area contributed by atoms with Gasteiger partial charge in [0, 0.05) is 70.9 Å². The zero-order chi connectivity index (χ0) is 22.8. The number of hydrogen-bond acceptors (Lipinski definition) is 5. The van der Waals surface area contributed by atoms with E-state index in [1.165, 1.54) is 6.07 Å². The third-order valence-electron chi connectivity index (χ3n) is 7.02. The first-order valence-electron chi connectivity index (χ1n) is 11.4. The maximum absolute atomic E-state index is 13.3. The van der Waals surface area contributed by atoms with E-state index in [2.05, 4.69) is 16.8 Å². The SMILES string of the molecule is CN1CCN(C(=O)CN2CCC(N(C)C(=O)c3cc(=O)n(C)c4ccccc34)CC2)CC1. The molecule has 2 aliphatic rings. The minimum absolute atomic E-state index is 0.0975. The van der Waals surface area contributed by atoms with Crippen LogP contribution in [-0.2, 0) is 11.8 Å². The number of piperidine rings is 1. The molecule has 0 bridgehead atoms. The Morgan fingerprint density at radius 1 is 1.00 bits per heavy atom. The lowest BCUT2D eigenvalue weighted by molar-refractivity contribution is -0.134. The van der Waals surface area contributed by atoms with Gasteiger partial charge in [0.2, 0.25) is 5.91 Å². The summed E-state index contributed by atoms with van der Waals surface area (Å²) >= 11 is 0. The molecule has 1 aromatic carbocycles. The molecule has 0 unspecified atom stereocenters. The third kappa shape index (κ3) is 4.56. The van der Waals surface area contributed by atoms with Gasteiger partial charge in [-0.15, -0.1) is 0 Å². The Morgan fingerprint density at radius 2 is 1.66 bits per heavy atom. The fourth-order valence-electron chi connectivity index (χ4n) is 4.76. The van der Waals surface area contributed by atoms with E-state index in [1.807, 2.05) is 36.2 Å². The minimum atomic E-state index is -0.183. The van der Waals surface area contributed by atoms with Gasteiger partial charge in [0.1, 0.15) is 0 Å². The highest BCUT2D eigenvalue weighted by Gasteiger charge is 2.29. The van der Waals surface area contributed by atoms with Crippen LogP contribution in [0.3, 0.4) is 0 Å². The standard InChI is InChI=1S/C24H33N5O3/c1-25-12-14-29(15-13-25)23(31)17-28-10-8-18(9-11-28)26(2)24(32)20-16-22(30)27(3)21-7-5-4-6-19(20)21/h4-7,16,18H,8-15,17H2,1-3H3. The number of likely N-dealkylation sites (N-methyl/N-ethyl adjacent to an activating group) is 1. The largest absolute Gasteiger partial charge is 0.339 e. The quantitative estimate of drug-likeness (QED) is 0.707. The molecule has 0 aliphatic carbocycles. The first kappa shape index (κ1) is 22.5. The maximum atomic E-state index is 13.3. The second kappa shape index (κ2) is 9.42. The number of likely N-dealkylation sites (tertiary alicyclic amines) is 1. The Bertz CT molecular complexity index is 1050. The van der Waals surface area contributed by atoms with Crippen molar-refractivity contribution in [3.8, 4) is 0 Å². The number of rotatable bonds is 4. The Kier molecular flexibility index (Phi) is 6.62. The zero-order valence-corrected chi connectivity index (χ0v) is 19.3. The Labute approximate surface area is 189 Å². The number of carbonyl (C=O) groups excluding carboxylic acids is 2. The summed E-state index contributed by atoms with van der Waals surface area (Å²) in [6.07, 6.45) is 1.64. The van der Waals surface area contributed by atoms with Crippen LogP contribution in [0.4, 0.5) is 0 Å². The summed E-state index contributed by atoms with van der Waals surface area (Å²) in [5.41, 5.74) is 1.03. The molecule has 4 rings (SSSR count). The summed E-state index contributed by atoms with van der Waals surface area (Å²) in [4.78, 5) is 46.5. The van der Waals surface area contributed by atoms with Crippen molar-refractivity contribution in [3.05, 3.63) is 46.2 Å². The second-order valence-corrected chi connectivity index (χ2v) is 9.08. The number of aromatic nitrogens is 1. The van der Waals surface area contributed by atoms with E-state index >= 15 is 0 Å². The minimum Gasteiger partial charge on any atom is -0.339 e. The normalized spacial score (nSPS) is 18.8. The number of para-hydroxylation sites is 1. The van der Waals surface area contributed by atoms with Crippen molar-refractivity contribution in [2.45, 2.75) is 18.9 Å². The highest BCUT2D eigenvalue weighted by Crippen LogP contribution is 2.22. The van der Waals surface area contributed by atoms with E-state index in [-0.39, 0.29) is 23.4 Å². The number of hydrogen-bond donors (Lipinski definition) is 0. The Morgan fingerprint density at radius 3 is 2.34 bits per heavy atom. The number of aryl methyl sites for hydroxylation is 1. The number of fused-ring (bicyclic) bond motifs is 1. The molecule has 0 N–H and O–H groups in total. The highest BCUT2D eigenvalue weighted by atomic mass is 16.2. The molecular weight excluding hydrogens is 406 g/mol. The molecule has 2 saturated heterocycles. The molecule has 3 heterocycles. The van der Waals surface area contributed by atoms with Crippen molar-refractivity contribution >= 4 is 22.7 Å². The van der Waals surface area contributed by atoms with E-state index in [4.69, 9.17) is 0 Å². The fraction of sp³-hybridized carbons (Fsp3) is 0.542. The topological polar surface area (TPSA) is 69.1 Å². The van der Waals surface area contributed by atoms with Crippen molar-refractivity contribution in [3.63, 3.8) is 0 Å². The smallest absolute Gasteiger partial charge is 0.254 e. The van der Waals surface area contributed by atoms with Crippen LogP contribution in [0.15, 0.2) is 35.1 Å². The number of carbonyl (C=O) groups is 2. The molecule has 32 heavy (non-hydrogen) atoms. The molecule has 1 aromatic heterocycles. The van der Waals surface area contributed by atoms with E-state index in [0.29, 0.717) is 12.1 Å². The van der Waals surface area contributed by atoms with Gasteiger partial charge in [-0.05, 0) is 26.0 Å². The van der Waals surface area contributed by atoms with Crippen molar-refractivity contribution < 1.29 is 9.59 Å². The molecule has 2 aromatic rings. The van der Waals surface area contributed by atoms with Crippen molar-refractivity contribution in [1.82, 2.24) is 24.2 Å². The molecule has 2 amide bonds. The molecular formula is C24H33N5O3. The van der Waals surface area contributed by atoms with Crippen LogP contribution in [0.5, 0.6) is 0 Å². The van der Waals surface area contributed by atoms with Crippen LogP contribution in [0, 0.1) is 0 Å². The number of benzene rings is 1. The number of amides is 2. The van der Waals surface area contributed by atoms with E-state index < -0.39 is 0 Å². The van der Waals surface area contributed by atoms with Crippen LogP contribution < -0.4 is 5.56 Å². The van der Waals surface area contributed by atoms with Crippen LogP contribution in [0.1, 0.15) is 23.2 Å². The summed E-state index contributed by atoms with van der Waals surface area (Å²) in [7, 11) is 5.63. The molecule has 8 heteroatoms. The first-order valence-corrected chi connectivity index (χ1v) is 11.4. The van der Waals surface area contributed by atoms with Gasteiger partial charge in [-0.3, -0.25) is 19.3 Å². The van der Waals surface area contributed by atoms with Crippen molar-refractivity contribution in [1.29, 1.82) is 0 Å². The number of nitrogens with zero attached hydrogens (tertiary/aromatic N) is 5. The van der Waals surface area contributed by atoms with Gasteiger partial charge in [0.05, 0.1) is 17.6 Å². The molecule has 0 radical (unpaired) electrons. The second-order valence-electron chi connectivity index (χ2n) is 9.08. The fourth-order valence-corrected chi connectivity index (χ4v) is 4.76. The van der Waals surface area contributed by atoms with Gasteiger partial charge in [0.25, 0.3) is 11.5 Å². The summed E-state index contributed by atoms with van der Waals surface area (Å²) < 4.78 is 1.57. The summed E-state index contributed by atoms with van der Waals surface area (Å²) in [6.45, 7) is 5.49. The van der Waals surface area contributed by atoms with Gasteiger partial charge >= 0.3 is 0 Å². The lowest BCUT2D eigenvalue weighted by atomic mass is 10.0. The number of piperazine rings is 1. The average molecular weight is 440 g/mol. The first-order chi connectivity index (χ1) is 15.3. The van der Waals surface area contributed by atoms with E-state index in [0.717, 1.165) is 63.0 Å². The molecule has 2 aliphatic heterocycles.